The Bertz CT molecular complexity index is 784. The van der Waals surface area contributed by atoms with E-state index in [-0.39, 0.29) is 11.9 Å². The molecule has 0 amide bonds. The SMILES string of the molecule is Cc1noc(C)c1Cn1nc(C(F)(F)F)c2cnccc21. The van der Waals surface area contributed by atoms with Crippen molar-refractivity contribution >= 4 is 10.9 Å². The lowest BCUT2D eigenvalue weighted by Gasteiger charge is -2.03. The minimum Gasteiger partial charge on any atom is -0.361 e. The van der Waals surface area contributed by atoms with Gasteiger partial charge in [-0.05, 0) is 19.9 Å². The van der Waals surface area contributed by atoms with E-state index in [1.807, 2.05) is 0 Å². The van der Waals surface area contributed by atoms with Crippen LogP contribution in [0.1, 0.15) is 22.7 Å². The van der Waals surface area contributed by atoms with Gasteiger partial charge < -0.3 is 4.52 Å². The van der Waals surface area contributed by atoms with Crippen LogP contribution in [0.2, 0.25) is 0 Å². The lowest BCUT2D eigenvalue weighted by Crippen LogP contribution is -2.09. The van der Waals surface area contributed by atoms with Crippen LogP contribution < -0.4 is 0 Å². The first kappa shape index (κ1) is 13.6. The second kappa shape index (κ2) is 4.57. The van der Waals surface area contributed by atoms with E-state index >= 15 is 0 Å². The molecule has 3 rings (SSSR count). The standard InChI is InChI=1S/C13H11F3N4O/c1-7-10(8(2)21-19-7)6-20-11-3-4-17-5-9(11)12(18-20)13(14,15)16/h3-5H,6H2,1-2H3. The molecule has 0 radical (unpaired) electrons. The van der Waals surface area contributed by atoms with Gasteiger partial charge in [-0.3, -0.25) is 9.67 Å². The molecule has 0 saturated carbocycles. The highest BCUT2D eigenvalue weighted by Crippen LogP contribution is 2.34. The van der Waals surface area contributed by atoms with Gasteiger partial charge in [0.05, 0.1) is 23.1 Å². The van der Waals surface area contributed by atoms with Gasteiger partial charge in [0.2, 0.25) is 0 Å². The summed E-state index contributed by atoms with van der Waals surface area (Å²) < 4.78 is 45.4. The molecule has 0 aliphatic rings. The Morgan fingerprint density at radius 2 is 2.05 bits per heavy atom. The van der Waals surface area contributed by atoms with Gasteiger partial charge in [-0.2, -0.15) is 18.3 Å². The van der Waals surface area contributed by atoms with Crippen molar-refractivity contribution in [2.75, 3.05) is 0 Å². The smallest absolute Gasteiger partial charge is 0.361 e. The van der Waals surface area contributed by atoms with Crippen molar-refractivity contribution in [1.82, 2.24) is 19.9 Å². The normalized spacial score (nSPS) is 12.2. The van der Waals surface area contributed by atoms with E-state index in [0.29, 0.717) is 17.0 Å². The van der Waals surface area contributed by atoms with Crippen LogP contribution >= 0.6 is 0 Å². The maximum atomic E-state index is 13.0. The lowest BCUT2D eigenvalue weighted by atomic mass is 10.2. The summed E-state index contributed by atoms with van der Waals surface area (Å²) in [6.07, 6.45) is -1.91. The zero-order valence-corrected chi connectivity index (χ0v) is 11.3. The van der Waals surface area contributed by atoms with Crippen molar-refractivity contribution in [3.63, 3.8) is 0 Å². The first-order valence-electron chi connectivity index (χ1n) is 6.17. The number of hydrogen-bond acceptors (Lipinski definition) is 4. The molecule has 110 valence electrons. The van der Waals surface area contributed by atoms with Crippen LogP contribution in [0.15, 0.2) is 23.0 Å². The van der Waals surface area contributed by atoms with Crippen molar-refractivity contribution in [3.05, 3.63) is 41.2 Å². The topological polar surface area (TPSA) is 56.7 Å². The largest absolute Gasteiger partial charge is 0.435 e. The molecule has 0 spiro atoms. The lowest BCUT2D eigenvalue weighted by molar-refractivity contribution is -0.140. The van der Waals surface area contributed by atoms with E-state index in [4.69, 9.17) is 4.52 Å². The van der Waals surface area contributed by atoms with Crippen LogP contribution in [0.5, 0.6) is 0 Å². The summed E-state index contributed by atoms with van der Waals surface area (Å²) in [6, 6.07) is 1.51. The monoisotopic (exact) mass is 296 g/mol. The molecule has 0 aromatic carbocycles. The van der Waals surface area contributed by atoms with Crippen molar-refractivity contribution in [2.24, 2.45) is 0 Å². The molecule has 0 fully saturated rings. The summed E-state index contributed by atoms with van der Waals surface area (Å²) in [7, 11) is 0. The molecular weight excluding hydrogens is 285 g/mol. The first-order chi connectivity index (χ1) is 9.88. The van der Waals surface area contributed by atoms with Crippen molar-refractivity contribution < 1.29 is 17.7 Å². The fourth-order valence-electron chi connectivity index (χ4n) is 2.23. The minimum atomic E-state index is -4.52. The predicted octanol–water partition coefficient (Wildman–Crippen LogP) is 3.10. The Morgan fingerprint density at radius 1 is 1.29 bits per heavy atom. The van der Waals surface area contributed by atoms with Crippen molar-refractivity contribution in [1.29, 1.82) is 0 Å². The van der Waals surface area contributed by atoms with Gasteiger partial charge in [0.25, 0.3) is 0 Å². The minimum absolute atomic E-state index is 0.0169. The predicted molar refractivity (Wildman–Crippen MR) is 67.6 cm³/mol. The number of aryl methyl sites for hydroxylation is 2. The van der Waals surface area contributed by atoms with Gasteiger partial charge in [-0.15, -0.1) is 0 Å². The third-order valence-corrected chi connectivity index (χ3v) is 3.31. The molecular formula is C13H11F3N4O. The zero-order valence-electron chi connectivity index (χ0n) is 11.3. The molecule has 21 heavy (non-hydrogen) atoms. The Hall–Kier alpha value is -2.38. The summed E-state index contributed by atoms with van der Waals surface area (Å²) in [5, 5.41) is 7.48. The number of halogens is 3. The van der Waals surface area contributed by atoms with E-state index in [1.54, 1.807) is 13.8 Å². The fraction of sp³-hybridized carbons (Fsp3) is 0.308. The summed E-state index contributed by atoms with van der Waals surface area (Å²) in [4.78, 5) is 3.75. The van der Waals surface area contributed by atoms with Gasteiger partial charge in [-0.1, -0.05) is 5.16 Å². The second-order valence-corrected chi connectivity index (χ2v) is 4.70. The molecule has 3 heterocycles. The number of aromatic nitrogens is 4. The molecule has 0 unspecified atom stereocenters. The highest BCUT2D eigenvalue weighted by Gasteiger charge is 2.37. The summed E-state index contributed by atoms with van der Waals surface area (Å²) in [5.74, 6) is 0.568. The molecule has 0 N–H and O–H groups in total. The Kier molecular flexibility index (Phi) is 2.96. The van der Waals surface area contributed by atoms with Gasteiger partial charge in [0, 0.05) is 18.0 Å². The van der Waals surface area contributed by atoms with E-state index in [0.717, 1.165) is 5.56 Å². The van der Waals surface area contributed by atoms with Crippen LogP contribution in [0.4, 0.5) is 13.2 Å². The molecule has 3 aromatic rings. The van der Waals surface area contributed by atoms with E-state index in [1.165, 1.54) is 23.1 Å². The summed E-state index contributed by atoms with van der Waals surface area (Å²) >= 11 is 0. The molecule has 3 aromatic heterocycles. The summed E-state index contributed by atoms with van der Waals surface area (Å²) in [5.41, 5.74) is 0.804. The Labute approximate surface area is 117 Å². The highest BCUT2D eigenvalue weighted by molar-refractivity contribution is 5.81. The number of hydrogen-bond donors (Lipinski definition) is 0. The number of pyridine rings is 1. The Balaban J connectivity index is 2.16. The van der Waals surface area contributed by atoms with Gasteiger partial charge in [0.15, 0.2) is 5.69 Å². The molecule has 0 bridgehead atoms. The van der Waals surface area contributed by atoms with Crippen LogP contribution in [0.3, 0.4) is 0 Å². The second-order valence-electron chi connectivity index (χ2n) is 4.70. The third-order valence-electron chi connectivity index (χ3n) is 3.31. The average Bonchev–Trinajstić information content (AvgIpc) is 2.94. The Morgan fingerprint density at radius 3 is 2.67 bits per heavy atom. The molecule has 0 aliphatic heterocycles. The van der Waals surface area contributed by atoms with Gasteiger partial charge in [-0.25, -0.2) is 0 Å². The van der Waals surface area contributed by atoms with Crippen LogP contribution in [-0.4, -0.2) is 19.9 Å². The quantitative estimate of drug-likeness (QED) is 0.729. The van der Waals surface area contributed by atoms with Gasteiger partial charge in [0.1, 0.15) is 5.76 Å². The number of rotatable bonds is 2. The van der Waals surface area contributed by atoms with Gasteiger partial charge >= 0.3 is 6.18 Å². The summed E-state index contributed by atoms with van der Waals surface area (Å²) in [6.45, 7) is 3.62. The highest BCUT2D eigenvalue weighted by atomic mass is 19.4. The van der Waals surface area contributed by atoms with E-state index in [2.05, 4.69) is 15.2 Å². The number of alkyl halides is 3. The van der Waals surface area contributed by atoms with Crippen LogP contribution in [0, 0.1) is 13.8 Å². The molecule has 5 nitrogen and oxygen atoms in total. The number of fused-ring (bicyclic) bond motifs is 1. The van der Waals surface area contributed by atoms with Crippen molar-refractivity contribution in [3.8, 4) is 0 Å². The van der Waals surface area contributed by atoms with Crippen molar-refractivity contribution in [2.45, 2.75) is 26.6 Å². The molecule has 8 heteroatoms. The zero-order chi connectivity index (χ0) is 15.2. The molecule has 0 atom stereocenters. The average molecular weight is 296 g/mol. The van der Waals surface area contributed by atoms with Crippen LogP contribution in [-0.2, 0) is 12.7 Å². The first-order valence-corrected chi connectivity index (χ1v) is 6.17. The van der Waals surface area contributed by atoms with E-state index in [9.17, 15) is 13.2 Å². The number of nitrogens with zero attached hydrogens (tertiary/aromatic N) is 4. The maximum Gasteiger partial charge on any atom is 0.435 e. The van der Waals surface area contributed by atoms with E-state index < -0.39 is 11.9 Å². The maximum absolute atomic E-state index is 13.0. The molecule has 0 saturated heterocycles. The fourth-order valence-corrected chi connectivity index (χ4v) is 2.23. The molecule has 0 aliphatic carbocycles. The van der Waals surface area contributed by atoms with Crippen LogP contribution in [0.25, 0.3) is 10.9 Å². The third kappa shape index (κ3) is 2.26.